The highest BCUT2D eigenvalue weighted by molar-refractivity contribution is 7.98. The number of hydrogen-bond donors (Lipinski definition) is 1. The fourth-order valence-electron chi connectivity index (χ4n) is 1.41. The lowest BCUT2D eigenvalue weighted by Crippen LogP contribution is -1.80. The summed E-state index contributed by atoms with van der Waals surface area (Å²) in [5.74, 6) is 0.247. The first-order valence-electron chi connectivity index (χ1n) is 5.26. The van der Waals surface area contributed by atoms with Crippen LogP contribution in [0.1, 0.15) is 5.56 Å². The molecule has 2 nitrogen and oxygen atoms in total. The summed E-state index contributed by atoms with van der Waals surface area (Å²) in [7, 11) is 0. The number of phenolic OH excluding ortho intramolecular Hbond substituents is 1. The molecule has 0 unspecified atom stereocenters. The van der Waals surface area contributed by atoms with Gasteiger partial charge in [0.05, 0.1) is 5.69 Å². The van der Waals surface area contributed by atoms with Crippen LogP contribution >= 0.6 is 11.8 Å². The third-order valence-electron chi connectivity index (χ3n) is 2.36. The molecule has 0 amide bonds. The van der Waals surface area contributed by atoms with Crippen molar-refractivity contribution >= 4 is 23.7 Å². The van der Waals surface area contributed by atoms with Crippen molar-refractivity contribution in [2.45, 2.75) is 4.90 Å². The molecule has 17 heavy (non-hydrogen) atoms. The van der Waals surface area contributed by atoms with E-state index in [4.69, 9.17) is 0 Å². The third kappa shape index (κ3) is 3.11. The molecule has 0 aliphatic heterocycles. The molecule has 0 aliphatic carbocycles. The maximum Gasteiger partial charge on any atom is 0.124 e. The number of aromatic hydroxyl groups is 1. The largest absolute Gasteiger partial charge is 0.507 e. The molecule has 0 heterocycles. The fourth-order valence-corrected chi connectivity index (χ4v) is 1.82. The quantitative estimate of drug-likeness (QED) is 0.655. The minimum Gasteiger partial charge on any atom is -0.507 e. The van der Waals surface area contributed by atoms with Gasteiger partial charge in [0.25, 0.3) is 0 Å². The highest BCUT2D eigenvalue weighted by atomic mass is 32.2. The molecule has 0 aromatic heterocycles. The Morgan fingerprint density at radius 1 is 1.06 bits per heavy atom. The van der Waals surface area contributed by atoms with E-state index in [2.05, 4.69) is 4.99 Å². The van der Waals surface area contributed by atoms with Gasteiger partial charge in [0.1, 0.15) is 5.75 Å². The van der Waals surface area contributed by atoms with Crippen LogP contribution in [0.25, 0.3) is 0 Å². The molecular weight excluding hydrogens is 230 g/mol. The number of para-hydroxylation sites is 1. The number of hydrogen-bond acceptors (Lipinski definition) is 3. The van der Waals surface area contributed by atoms with E-state index in [1.54, 1.807) is 30.1 Å². The molecule has 2 aromatic carbocycles. The second kappa shape index (κ2) is 5.55. The highest BCUT2D eigenvalue weighted by Gasteiger charge is 1.95. The summed E-state index contributed by atoms with van der Waals surface area (Å²) in [6.45, 7) is 0. The SMILES string of the molecule is CSc1ccc(/N=C/c2ccccc2O)cc1. The average Bonchev–Trinajstić information content (AvgIpc) is 2.38. The highest BCUT2D eigenvalue weighted by Crippen LogP contribution is 2.20. The Bertz CT molecular complexity index is 520. The smallest absolute Gasteiger partial charge is 0.124 e. The van der Waals surface area contributed by atoms with Gasteiger partial charge >= 0.3 is 0 Å². The van der Waals surface area contributed by atoms with Crippen LogP contribution in [-0.2, 0) is 0 Å². The zero-order chi connectivity index (χ0) is 12.1. The summed E-state index contributed by atoms with van der Waals surface area (Å²) < 4.78 is 0. The Morgan fingerprint density at radius 3 is 2.41 bits per heavy atom. The van der Waals surface area contributed by atoms with Gasteiger partial charge in [-0.05, 0) is 42.7 Å². The Morgan fingerprint density at radius 2 is 1.76 bits per heavy atom. The van der Waals surface area contributed by atoms with E-state index >= 15 is 0 Å². The zero-order valence-electron chi connectivity index (χ0n) is 9.50. The summed E-state index contributed by atoms with van der Waals surface area (Å²) in [5.41, 5.74) is 1.60. The normalized spacial score (nSPS) is 10.9. The summed E-state index contributed by atoms with van der Waals surface area (Å²) in [5, 5.41) is 9.58. The maximum absolute atomic E-state index is 9.58. The second-order valence-corrected chi connectivity index (χ2v) is 4.39. The van der Waals surface area contributed by atoms with Crippen LogP contribution in [0.4, 0.5) is 5.69 Å². The first kappa shape index (κ1) is 11.7. The molecule has 1 N–H and O–H groups in total. The van der Waals surface area contributed by atoms with Crippen molar-refractivity contribution in [3.63, 3.8) is 0 Å². The van der Waals surface area contributed by atoms with Crippen LogP contribution < -0.4 is 0 Å². The molecule has 0 atom stereocenters. The first-order valence-corrected chi connectivity index (χ1v) is 6.48. The maximum atomic E-state index is 9.58. The van der Waals surface area contributed by atoms with Crippen LogP contribution in [0.3, 0.4) is 0 Å². The van der Waals surface area contributed by atoms with E-state index in [1.807, 2.05) is 42.7 Å². The Kier molecular flexibility index (Phi) is 3.83. The van der Waals surface area contributed by atoms with Crippen LogP contribution in [0.15, 0.2) is 58.4 Å². The first-order chi connectivity index (χ1) is 8.29. The van der Waals surface area contributed by atoms with E-state index in [0.717, 1.165) is 11.3 Å². The molecule has 3 heteroatoms. The lowest BCUT2D eigenvalue weighted by atomic mass is 10.2. The van der Waals surface area contributed by atoms with Gasteiger partial charge < -0.3 is 5.11 Å². The van der Waals surface area contributed by atoms with Crippen molar-refractivity contribution in [3.05, 3.63) is 54.1 Å². The molecule has 86 valence electrons. The topological polar surface area (TPSA) is 32.6 Å². The van der Waals surface area contributed by atoms with E-state index < -0.39 is 0 Å². The van der Waals surface area contributed by atoms with Gasteiger partial charge in [0.15, 0.2) is 0 Å². The molecule has 0 bridgehead atoms. The molecule has 0 spiro atoms. The van der Waals surface area contributed by atoms with Crippen molar-refractivity contribution in [1.82, 2.24) is 0 Å². The van der Waals surface area contributed by atoms with Crippen LogP contribution in [0.2, 0.25) is 0 Å². The number of phenols is 1. The van der Waals surface area contributed by atoms with Crippen molar-refractivity contribution in [2.75, 3.05) is 6.26 Å². The molecule has 0 saturated heterocycles. The van der Waals surface area contributed by atoms with Gasteiger partial charge in [-0.3, -0.25) is 4.99 Å². The Hall–Kier alpha value is -1.74. The predicted molar refractivity (Wildman–Crippen MR) is 73.6 cm³/mol. The van der Waals surface area contributed by atoms with E-state index in [0.29, 0.717) is 0 Å². The molecule has 0 saturated carbocycles. The van der Waals surface area contributed by atoms with E-state index in [-0.39, 0.29) is 5.75 Å². The predicted octanol–water partition coefficient (Wildman–Crippen LogP) is 3.86. The minimum absolute atomic E-state index is 0.247. The van der Waals surface area contributed by atoms with Crippen molar-refractivity contribution in [2.24, 2.45) is 4.99 Å². The van der Waals surface area contributed by atoms with E-state index in [1.165, 1.54) is 4.90 Å². The van der Waals surface area contributed by atoms with Gasteiger partial charge in [-0.15, -0.1) is 11.8 Å². The lowest BCUT2D eigenvalue weighted by molar-refractivity contribution is 0.474. The number of aliphatic imine (C=N–C) groups is 1. The van der Waals surface area contributed by atoms with Gasteiger partial charge in [-0.25, -0.2) is 0 Å². The number of rotatable bonds is 3. The summed E-state index contributed by atoms with van der Waals surface area (Å²) in [6.07, 6.45) is 3.71. The molecule has 0 radical (unpaired) electrons. The summed E-state index contributed by atoms with van der Waals surface area (Å²) in [6, 6.07) is 15.1. The number of benzene rings is 2. The minimum atomic E-state index is 0.247. The standard InChI is InChI=1S/C14H13NOS/c1-17-13-8-6-12(7-9-13)15-10-11-4-2-3-5-14(11)16/h2-10,16H,1H3/b15-10+. The van der Waals surface area contributed by atoms with Gasteiger partial charge in [0.2, 0.25) is 0 Å². The van der Waals surface area contributed by atoms with Crippen LogP contribution in [-0.4, -0.2) is 17.6 Å². The van der Waals surface area contributed by atoms with E-state index in [9.17, 15) is 5.11 Å². The summed E-state index contributed by atoms with van der Waals surface area (Å²) in [4.78, 5) is 5.53. The molecule has 2 rings (SSSR count). The third-order valence-corrected chi connectivity index (χ3v) is 3.11. The fraction of sp³-hybridized carbons (Fsp3) is 0.0714. The monoisotopic (exact) mass is 243 g/mol. The molecular formula is C14H13NOS. The van der Waals surface area contributed by atoms with Gasteiger partial charge in [-0.1, -0.05) is 12.1 Å². The number of thioether (sulfide) groups is 1. The zero-order valence-corrected chi connectivity index (χ0v) is 10.3. The molecule has 2 aromatic rings. The Labute approximate surface area is 105 Å². The second-order valence-electron chi connectivity index (χ2n) is 3.52. The number of nitrogens with zero attached hydrogens (tertiary/aromatic N) is 1. The Balaban J connectivity index is 2.17. The van der Waals surface area contributed by atoms with Gasteiger partial charge in [0, 0.05) is 16.7 Å². The molecule has 0 aliphatic rings. The van der Waals surface area contributed by atoms with Crippen molar-refractivity contribution in [3.8, 4) is 5.75 Å². The molecule has 0 fully saturated rings. The van der Waals surface area contributed by atoms with Crippen LogP contribution in [0.5, 0.6) is 5.75 Å². The lowest BCUT2D eigenvalue weighted by Gasteiger charge is -1.98. The van der Waals surface area contributed by atoms with Crippen molar-refractivity contribution in [1.29, 1.82) is 0 Å². The summed E-state index contributed by atoms with van der Waals surface area (Å²) >= 11 is 1.70. The van der Waals surface area contributed by atoms with Crippen molar-refractivity contribution < 1.29 is 5.11 Å². The van der Waals surface area contributed by atoms with Crippen LogP contribution in [0, 0.1) is 0 Å². The average molecular weight is 243 g/mol. The van der Waals surface area contributed by atoms with Gasteiger partial charge in [-0.2, -0.15) is 0 Å².